The number of imidazole rings is 1. The van der Waals surface area contributed by atoms with E-state index in [9.17, 15) is 24.9 Å². The van der Waals surface area contributed by atoms with Crippen molar-refractivity contribution in [2.24, 2.45) is 0 Å². The zero-order valence-electron chi connectivity index (χ0n) is 20.3. The van der Waals surface area contributed by atoms with Gasteiger partial charge in [-0.2, -0.15) is 9.99 Å². The van der Waals surface area contributed by atoms with Gasteiger partial charge in [-0.3, -0.25) is 9.59 Å². The third-order valence-electron chi connectivity index (χ3n) is 5.80. The second-order valence-corrected chi connectivity index (χ2v) is 8.46. The molecule has 4 aromatic rings. The lowest BCUT2D eigenvalue weighted by Gasteiger charge is -2.19. The molecular weight excluding hydrogens is 486 g/mol. The summed E-state index contributed by atoms with van der Waals surface area (Å²) in [6.07, 6.45) is 0.154. The van der Waals surface area contributed by atoms with E-state index in [0.717, 1.165) is 5.56 Å². The molecule has 0 bridgehead atoms. The molecule has 4 rings (SSSR count). The first-order valence-corrected chi connectivity index (χ1v) is 11.5. The second kappa shape index (κ2) is 11.1. The highest BCUT2D eigenvalue weighted by atomic mass is 16.5. The Morgan fingerprint density at radius 1 is 1.03 bits per heavy atom. The van der Waals surface area contributed by atoms with Gasteiger partial charge in [0.2, 0.25) is 5.91 Å². The molecule has 0 aliphatic rings. The van der Waals surface area contributed by atoms with Crippen LogP contribution >= 0.6 is 0 Å². The maximum Gasteiger partial charge on any atom is 0.335 e. The Morgan fingerprint density at radius 3 is 2.39 bits per heavy atom. The van der Waals surface area contributed by atoms with Gasteiger partial charge in [-0.05, 0) is 48.9 Å². The van der Waals surface area contributed by atoms with E-state index in [2.05, 4.69) is 15.6 Å². The number of carbonyl (C=O) groups is 3. The maximum absolute atomic E-state index is 13.3. The SMILES string of the molecule is Cc1nc(-c2cccc(C#N)c2)n(O)c1C(=O)N[C@@H](Cc1ccccc1)C(=O)Nc1ccc(C(=O)O)cc1. The number of carboxylic acids is 1. The van der Waals surface area contributed by atoms with Gasteiger partial charge in [-0.25, -0.2) is 9.78 Å². The molecule has 4 N–H and O–H groups in total. The van der Waals surface area contributed by atoms with Crippen LogP contribution in [-0.4, -0.2) is 43.9 Å². The van der Waals surface area contributed by atoms with Crippen LogP contribution in [0.15, 0.2) is 78.9 Å². The van der Waals surface area contributed by atoms with E-state index in [1.165, 1.54) is 30.3 Å². The summed E-state index contributed by atoms with van der Waals surface area (Å²) in [5.41, 5.74) is 2.10. The molecule has 0 fully saturated rings. The third-order valence-corrected chi connectivity index (χ3v) is 5.80. The summed E-state index contributed by atoms with van der Waals surface area (Å²) in [5.74, 6) is -2.27. The Hall–Kier alpha value is -5.43. The molecule has 0 radical (unpaired) electrons. The van der Waals surface area contributed by atoms with Crippen molar-refractivity contribution in [1.82, 2.24) is 15.0 Å². The van der Waals surface area contributed by atoms with Gasteiger partial charge in [0.15, 0.2) is 11.5 Å². The first kappa shape index (κ1) is 25.7. The topological polar surface area (TPSA) is 157 Å². The van der Waals surface area contributed by atoms with Crippen LogP contribution in [0.3, 0.4) is 0 Å². The molecule has 10 nitrogen and oxygen atoms in total. The molecule has 2 amide bonds. The molecule has 190 valence electrons. The summed E-state index contributed by atoms with van der Waals surface area (Å²) in [5, 5.41) is 34.4. The quantitative estimate of drug-likeness (QED) is 0.264. The lowest BCUT2D eigenvalue weighted by Crippen LogP contribution is -2.46. The van der Waals surface area contributed by atoms with Crippen LogP contribution in [0.4, 0.5) is 5.69 Å². The number of rotatable bonds is 8. The van der Waals surface area contributed by atoms with Crippen LogP contribution < -0.4 is 10.6 Å². The first-order valence-electron chi connectivity index (χ1n) is 11.5. The van der Waals surface area contributed by atoms with Gasteiger partial charge in [-0.15, -0.1) is 0 Å². The van der Waals surface area contributed by atoms with Gasteiger partial charge >= 0.3 is 5.97 Å². The minimum atomic E-state index is -1.09. The Morgan fingerprint density at radius 2 is 1.74 bits per heavy atom. The molecule has 0 spiro atoms. The van der Waals surface area contributed by atoms with Crippen LogP contribution in [0.1, 0.15) is 37.7 Å². The number of hydrogen-bond donors (Lipinski definition) is 4. The molecule has 3 aromatic carbocycles. The van der Waals surface area contributed by atoms with Crippen molar-refractivity contribution in [3.63, 3.8) is 0 Å². The largest absolute Gasteiger partial charge is 0.478 e. The molecule has 38 heavy (non-hydrogen) atoms. The fourth-order valence-corrected chi connectivity index (χ4v) is 3.90. The number of amides is 2. The van der Waals surface area contributed by atoms with Gasteiger partial charge in [0.1, 0.15) is 6.04 Å². The van der Waals surface area contributed by atoms with E-state index in [4.69, 9.17) is 5.11 Å². The van der Waals surface area contributed by atoms with Crippen molar-refractivity contribution in [1.29, 1.82) is 5.26 Å². The molecule has 1 atom stereocenters. The summed E-state index contributed by atoms with van der Waals surface area (Å²) in [4.78, 5) is 41.9. The number of carboxylic acid groups (broad SMARTS) is 1. The number of aromatic nitrogens is 2. The van der Waals surface area contributed by atoms with Crippen molar-refractivity contribution in [3.8, 4) is 17.5 Å². The van der Waals surface area contributed by atoms with Crippen LogP contribution in [0, 0.1) is 18.3 Å². The molecule has 0 saturated heterocycles. The minimum Gasteiger partial charge on any atom is -0.478 e. The highest BCUT2D eigenvalue weighted by Gasteiger charge is 2.27. The van der Waals surface area contributed by atoms with Gasteiger partial charge < -0.3 is 20.9 Å². The van der Waals surface area contributed by atoms with Gasteiger partial charge in [0.05, 0.1) is 22.9 Å². The summed E-state index contributed by atoms with van der Waals surface area (Å²) in [6, 6.07) is 22.1. The van der Waals surface area contributed by atoms with Gasteiger partial charge in [0, 0.05) is 17.7 Å². The van der Waals surface area contributed by atoms with E-state index in [1.54, 1.807) is 25.1 Å². The molecule has 1 heterocycles. The molecule has 0 unspecified atom stereocenters. The van der Waals surface area contributed by atoms with Crippen LogP contribution in [0.5, 0.6) is 0 Å². The first-order chi connectivity index (χ1) is 18.3. The number of benzene rings is 3. The third kappa shape index (κ3) is 5.68. The molecule has 1 aromatic heterocycles. The van der Waals surface area contributed by atoms with E-state index in [0.29, 0.717) is 21.5 Å². The lowest BCUT2D eigenvalue weighted by molar-refractivity contribution is -0.118. The number of aromatic carboxylic acids is 1. The predicted molar refractivity (Wildman–Crippen MR) is 138 cm³/mol. The Balaban J connectivity index is 1.60. The predicted octanol–water partition coefficient (Wildman–Crippen LogP) is 3.65. The van der Waals surface area contributed by atoms with Crippen molar-refractivity contribution in [2.45, 2.75) is 19.4 Å². The number of nitrogens with zero attached hydrogens (tertiary/aromatic N) is 3. The number of anilines is 1. The minimum absolute atomic E-state index is 0.0694. The highest BCUT2D eigenvalue weighted by Crippen LogP contribution is 2.22. The van der Waals surface area contributed by atoms with E-state index in [-0.39, 0.29) is 29.2 Å². The second-order valence-electron chi connectivity index (χ2n) is 8.46. The van der Waals surface area contributed by atoms with E-state index in [1.807, 2.05) is 36.4 Å². The lowest BCUT2D eigenvalue weighted by atomic mass is 10.0. The van der Waals surface area contributed by atoms with Gasteiger partial charge in [0.25, 0.3) is 5.91 Å². The molecule has 0 saturated carbocycles. The molecule has 0 aliphatic heterocycles. The highest BCUT2D eigenvalue weighted by molar-refractivity contribution is 6.01. The monoisotopic (exact) mass is 509 g/mol. The number of carbonyl (C=O) groups excluding carboxylic acids is 2. The van der Waals surface area contributed by atoms with Crippen molar-refractivity contribution < 1.29 is 24.7 Å². The van der Waals surface area contributed by atoms with Crippen molar-refractivity contribution in [3.05, 3.63) is 107 Å². The fourth-order valence-electron chi connectivity index (χ4n) is 3.90. The smallest absolute Gasteiger partial charge is 0.335 e. The maximum atomic E-state index is 13.3. The van der Waals surface area contributed by atoms with Gasteiger partial charge in [-0.1, -0.05) is 42.5 Å². The number of nitriles is 1. The van der Waals surface area contributed by atoms with Crippen LogP contribution in [0.2, 0.25) is 0 Å². The summed E-state index contributed by atoms with van der Waals surface area (Å²) in [7, 11) is 0. The van der Waals surface area contributed by atoms with Crippen molar-refractivity contribution >= 4 is 23.5 Å². The summed E-state index contributed by atoms with van der Waals surface area (Å²) >= 11 is 0. The Labute approximate surface area is 217 Å². The Kier molecular flexibility index (Phi) is 7.49. The average Bonchev–Trinajstić information content (AvgIpc) is 3.22. The van der Waals surface area contributed by atoms with Crippen molar-refractivity contribution in [2.75, 3.05) is 5.32 Å². The van der Waals surface area contributed by atoms with Crippen LogP contribution in [-0.2, 0) is 11.2 Å². The van der Waals surface area contributed by atoms with E-state index < -0.39 is 23.8 Å². The normalized spacial score (nSPS) is 11.3. The number of hydrogen-bond acceptors (Lipinski definition) is 6. The van der Waals surface area contributed by atoms with E-state index >= 15 is 0 Å². The average molecular weight is 510 g/mol. The summed E-state index contributed by atoms with van der Waals surface area (Å²) in [6.45, 7) is 1.55. The summed E-state index contributed by atoms with van der Waals surface area (Å²) < 4.78 is 0.642. The standard InChI is InChI=1S/C28H23N5O5/c1-17-24(33(38)25(30-17)21-9-5-8-19(14-21)16-29)27(35)32-23(15-18-6-3-2-4-7-18)26(34)31-22-12-10-20(11-13-22)28(36)37/h2-14,23,38H,15H2,1H3,(H,31,34)(H,32,35)(H,36,37)/t23-/m0/s1. The fraction of sp³-hybridized carbons (Fsp3) is 0.107. The Bertz CT molecular complexity index is 1540. The zero-order valence-corrected chi connectivity index (χ0v) is 20.3. The molecular formula is C28H23N5O5. The number of aryl methyl sites for hydroxylation is 1. The van der Waals surface area contributed by atoms with Crippen LogP contribution in [0.25, 0.3) is 11.4 Å². The molecule has 10 heteroatoms. The number of nitrogens with one attached hydrogen (secondary N) is 2. The molecule has 0 aliphatic carbocycles. The zero-order chi connectivity index (χ0) is 27.2.